The van der Waals surface area contributed by atoms with E-state index in [1.165, 1.54) is 0 Å². The lowest BCUT2D eigenvalue weighted by atomic mass is 9.94. The maximum atomic E-state index is 12.1. The van der Waals surface area contributed by atoms with E-state index in [2.05, 4.69) is 5.10 Å². The molecule has 1 atom stereocenters. The SMILES string of the molecule is O=C(O)CC1CCCN(C(=O)CCn2cccn2)C1. The molecule has 2 rings (SSSR count). The number of hydrogen-bond acceptors (Lipinski definition) is 3. The summed E-state index contributed by atoms with van der Waals surface area (Å²) < 4.78 is 1.73. The monoisotopic (exact) mass is 265 g/mol. The zero-order valence-electron chi connectivity index (χ0n) is 10.9. The molecule has 19 heavy (non-hydrogen) atoms. The van der Waals surface area contributed by atoms with Gasteiger partial charge in [0.25, 0.3) is 0 Å². The van der Waals surface area contributed by atoms with Crippen LogP contribution in [-0.4, -0.2) is 44.8 Å². The number of aromatic nitrogens is 2. The Morgan fingerprint density at radius 3 is 2.95 bits per heavy atom. The van der Waals surface area contributed by atoms with Crippen molar-refractivity contribution in [2.45, 2.75) is 32.2 Å². The zero-order valence-corrected chi connectivity index (χ0v) is 10.9. The molecular formula is C13H19N3O3. The third-order valence-electron chi connectivity index (χ3n) is 3.45. The van der Waals surface area contributed by atoms with Crippen molar-refractivity contribution in [3.05, 3.63) is 18.5 Å². The number of nitrogens with zero attached hydrogens (tertiary/aromatic N) is 3. The quantitative estimate of drug-likeness (QED) is 0.861. The fourth-order valence-electron chi connectivity index (χ4n) is 2.51. The second-order valence-corrected chi connectivity index (χ2v) is 4.97. The number of rotatable bonds is 5. The molecule has 1 aliphatic heterocycles. The number of aryl methyl sites for hydroxylation is 1. The average molecular weight is 265 g/mol. The Morgan fingerprint density at radius 1 is 1.42 bits per heavy atom. The molecule has 1 fully saturated rings. The molecule has 1 saturated heterocycles. The maximum Gasteiger partial charge on any atom is 0.303 e. The van der Waals surface area contributed by atoms with Crippen LogP contribution in [-0.2, 0) is 16.1 Å². The largest absolute Gasteiger partial charge is 0.481 e. The second kappa shape index (κ2) is 6.36. The summed E-state index contributed by atoms with van der Waals surface area (Å²) in [5, 5.41) is 12.9. The highest BCUT2D eigenvalue weighted by Crippen LogP contribution is 2.20. The third kappa shape index (κ3) is 4.08. The molecule has 0 spiro atoms. The van der Waals surface area contributed by atoms with Gasteiger partial charge in [-0.3, -0.25) is 14.3 Å². The summed E-state index contributed by atoms with van der Waals surface area (Å²) >= 11 is 0. The Hall–Kier alpha value is -1.85. The minimum Gasteiger partial charge on any atom is -0.481 e. The van der Waals surface area contributed by atoms with Gasteiger partial charge in [-0.25, -0.2) is 0 Å². The van der Waals surface area contributed by atoms with Crippen LogP contribution in [0.2, 0.25) is 0 Å². The summed E-state index contributed by atoms with van der Waals surface area (Å²) in [6, 6.07) is 1.83. The van der Waals surface area contributed by atoms with E-state index >= 15 is 0 Å². The van der Waals surface area contributed by atoms with E-state index in [1.807, 2.05) is 12.3 Å². The van der Waals surface area contributed by atoms with Gasteiger partial charge in [0.1, 0.15) is 0 Å². The van der Waals surface area contributed by atoms with Gasteiger partial charge in [-0.2, -0.15) is 5.10 Å². The van der Waals surface area contributed by atoms with Crippen molar-refractivity contribution in [1.82, 2.24) is 14.7 Å². The molecule has 0 aromatic carbocycles. The van der Waals surface area contributed by atoms with Crippen molar-refractivity contribution in [2.75, 3.05) is 13.1 Å². The van der Waals surface area contributed by atoms with Crippen molar-refractivity contribution < 1.29 is 14.7 Å². The predicted octanol–water partition coefficient (Wildman–Crippen LogP) is 0.986. The molecule has 104 valence electrons. The molecule has 1 aliphatic rings. The summed E-state index contributed by atoms with van der Waals surface area (Å²) in [6.07, 6.45) is 5.88. The first-order valence-electron chi connectivity index (χ1n) is 6.62. The normalized spacial score (nSPS) is 19.4. The van der Waals surface area contributed by atoms with E-state index in [4.69, 9.17) is 5.11 Å². The van der Waals surface area contributed by atoms with Crippen LogP contribution in [0, 0.1) is 5.92 Å². The highest BCUT2D eigenvalue weighted by atomic mass is 16.4. The molecule has 6 nitrogen and oxygen atoms in total. The Kier molecular flexibility index (Phi) is 4.54. The van der Waals surface area contributed by atoms with Crippen molar-refractivity contribution in [1.29, 1.82) is 0 Å². The molecule has 0 aliphatic carbocycles. The molecule has 1 amide bonds. The van der Waals surface area contributed by atoms with E-state index < -0.39 is 5.97 Å². The van der Waals surface area contributed by atoms with Crippen LogP contribution in [0.25, 0.3) is 0 Å². The third-order valence-corrected chi connectivity index (χ3v) is 3.45. The van der Waals surface area contributed by atoms with Crippen molar-refractivity contribution in [3.63, 3.8) is 0 Å². The number of amides is 1. The molecule has 1 unspecified atom stereocenters. The Labute approximate surface area is 112 Å². The van der Waals surface area contributed by atoms with Crippen LogP contribution in [0.5, 0.6) is 0 Å². The van der Waals surface area contributed by atoms with Gasteiger partial charge in [0.05, 0.1) is 0 Å². The van der Waals surface area contributed by atoms with Gasteiger partial charge >= 0.3 is 5.97 Å². The highest BCUT2D eigenvalue weighted by Gasteiger charge is 2.24. The van der Waals surface area contributed by atoms with Crippen molar-refractivity contribution >= 4 is 11.9 Å². The molecule has 1 aromatic heterocycles. The van der Waals surface area contributed by atoms with E-state index in [0.717, 1.165) is 19.4 Å². The molecule has 2 heterocycles. The van der Waals surface area contributed by atoms with Crippen LogP contribution in [0.1, 0.15) is 25.7 Å². The van der Waals surface area contributed by atoms with Gasteiger partial charge in [-0.15, -0.1) is 0 Å². The lowest BCUT2D eigenvalue weighted by Gasteiger charge is -2.32. The molecule has 6 heteroatoms. The fraction of sp³-hybridized carbons (Fsp3) is 0.615. The summed E-state index contributed by atoms with van der Waals surface area (Å²) in [6.45, 7) is 1.89. The number of carboxylic acids is 1. The van der Waals surface area contributed by atoms with Crippen LogP contribution < -0.4 is 0 Å². The molecule has 1 N–H and O–H groups in total. The summed E-state index contributed by atoms with van der Waals surface area (Å²) in [4.78, 5) is 24.6. The minimum absolute atomic E-state index is 0.0885. The molecule has 0 bridgehead atoms. The summed E-state index contributed by atoms with van der Waals surface area (Å²) in [7, 11) is 0. The lowest BCUT2D eigenvalue weighted by Crippen LogP contribution is -2.40. The first-order valence-corrected chi connectivity index (χ1v) is 6.62. The van der Waals surface area contributed by atoms with E-state index in [0.29, 0.717) is 19.5 Å². The molecule has 0 saturated carbocycles. The first kappa shape index (κ1) is 13.6. The lowest BCUT2D eigenvalue weighted by molar-refractivity contribution is -0.140. The average Bonchev–Trinajstić information content (AvgIpc) is 2.88. The number of carboxylic acid groups (broad SMARTS) is 1. The van der Waals surface area contributed by atoms with Crippen LogP contribution in [0.3, 0.4) is 0 Å². The molecule has 1 aromatic rings. The van der Waals surface area contributed by atoms with E-state index in [-0.39, 0.29) is 18.2 Å². The fourth-order valence-corrected chi connectivity index (χ4v) is 2.51. The second-order valence-electron chi connectivity index (χ2n) is 4.97. The first-order chi connectivity index (χ1) is 9.15. The van der Waals surface area contributed by atoms with E-state index in [1.54, 1.807) is 15.8 Å². The Balaban J connectivity index is 1.79. The van der Waals surface area contributed by atoms with Gasteiger partial charge in [0.15, 0.2) is 0 Å². The van der Waals surface area contributed by atoms with Crippen LogP contribution in [0.15, 0.2) is 18.5 Å². The minimum atomic E-state index is -0.782. The predicted molar refractivity (Wildman–Crippen MR) is 68.4 cm³/mol. The Morgan fingerprint density at radius 2 is 2.26 bits per heavy atom. The smallest absolute Gasteiger partial charge is 0.303 e. The summed E-state index contributed by atoms with van der Waals surface area (Å²) in [5.74, 6) is -0.596. The molecular weight excluding hydrogens is 246 g/mol. The van der Waals surface area contributed by atoms with Crippen molar-refractivity contribution in [2.24, 2.45) is 5.92 Å². The standard InChI is InChI=1S/C13H19N3O3/c17-12(4-8-16-7-2-5-14-16)15-6-1-3-11(10-15)9-13(18)19/h2,5,7,11H,1,3-4,6,8-10H2,(H,18,19). The number of carbonyl (C=O) groups is 2. The zero-order chi connectivity index (χ0) is 13.7. The van der Waals surface area contributed by atoms with Crippen LogP contribution >= 0.6 is 0 Å². The number of aliphatic carboxylic acids is 1. The Bertz CT molecular complexity index is 430. The van der Waals surface area contributed by atoms with Crippen LogP contribution in [0.4, 0.5) is 0 Å². The number of hydrogen-bond donors (Lipinski definition) is 1. The number of piperidine rings is 1. The summed E-state index contributed by atoms with van der Waals surface area (Å²) in [5.41, 5.74) is 0. The van der Waals surface area contributed by atoms with Crippen molar-refractivity contribution in [3.8, 4) is 0 Å². The van der Waals surface area contributed by atoms with Gasteiger partial charge in [-0.05, 0) is 24.8 Å². The van der Waals surface area contributed by atoms with Gasteiger partial charge in [0.2, 0.25) is 5.91 Å². The number of carbonyl (C=O) groups excluding carboxylic acids is 1. The van der Waals surface area contributed by atoms with Gasteiger partial charge in [-0.1, -0.05) is 0 Å². The van der Waals surface area contributed by atoms with E-state index in [9.17, 15) is 9.59 Å². The topological polar surface area (TPSA) is 75.4 Å². The van der Waals surface area contributed by atoms with Gasteiger partial charge in [0, 0.05) is 44.9 Å². The highest BCUT2D eigenvalue weighted by molar-refractivity contribution is 5.76. The van der Waals surface area contributed by atoms with Gasteiger partial charge < -0.3 is 10.0 Å². The molecule has 0 radical (unpaired) electrons. The maximum absolute atomic E-state index is 12.1. The number of likely N-dealkylation sites (tertiary alicyclic amines) is 1.